The highest BCUT2D eigenvalue weighted by Gasteiger charge is 2.11. The van der Waals surface area contributed by atoms with Crippen LogP contribution < -0.4 is 15.8 Å². The van der Waals surface area contributed by atoms with E-state index >= 15 is 0 Å². The van der Waals surface area contributed by atoms with E-state index < -0.39 is 0 Å². The number of nitrogens with one attached hydrogen (secondary N) is 1. The molecule has 0 aliphatic carbocycles. The molecular weight excluding hydrogens is 276 g/mol. The van der Waals surface area contributed by atoms with Crippen LogP contribution in [0, 0.1) is 0 Å². The summed E-state index contributed by atoms with van der Waals surface area (Å²) in [6.07, 6.45) is 0. The highest BCUT2D eigenvalue weighted by atomic mass is 35.5. The number of ether oxygens (including phenoxy) is 1. The van der Waals surface area contributed by atoms with Crippen molar-refractivity contribution >= 4 is 23.2 Å². The highest BCUT2D eigenvalue weighted by molar-refractivity contribution is 6.31. The molecule has 0 aliphatic heterocycles. The topological polar surface area (TPSA) is 64.3 Å². The van der Waals surface area contributed by atoms with Crippen LogP contribution in [-0.4, -0.2) is 13.0 Å². The predicted octanol–water partition coefficient (Wildman–Crippen LogP) is 2.86. The number of hydrogen-bond acceptors (Lipinski definition) is 3. The maximum atomic E-state index is 12.1. The number of benzene rings is 2. The molecule has 0 radical (unpaired) electrons. The standard InChI is InChI=1S/C15H15ClN2O2/c1-20-14-5-3-2-4-10(14)9-18-15(19)12-8-11(16)6-7-13(12)17/h2-8H,9,17H2,1H3,(H,18,19). The van der Waals surface area contributed by atoms with Gasteiger partial charge >= 0.3 is 0 Å². The van der Waals surface area contributed by atoms with Gasteiger partial charge in [0, 0.05) is 22.8 Å². The molecule has 1 amide bonds. The Balaban J connectivity index is 2.11. The zero-order valence-electron chi connectivity index (χ0n) is 11.0. The summed E-state index contributed by atoms with van der Waals surface area (Å²) < 4.78 is 5.23. The Labute approximate surface area is 122 Å². The summed E-state index contributed by atoms with van der Waals surface area (Å²) in [5, 5.41) is 3.27. The van der Waals surface area contributed by atoms with E-state index in [9.17, 15) is 4.79 Å². The van der Waals surface area contributed by atoms with E-state index in [0.717, 1.165) is 11.3 Å². The Morgan fingerprint density at radius 2 is 2.05 bits per heavy atom. The first kappa shape index (κ1) is 14.2. The first-order valence-corrected chi connectivity index (χ1v) is 6.44. The normalized spacial score (nSPS) is 10.1. The van der Waals surface area contributed by atoms with Crippen molar-refractivity contribution in [1.82, 2.24) is 5.32 Å². The minimum atomic E-state index is -0.268. The molecule has 4 nitrogen and oxygen atoms in total. The van der Waals surface area contributed by atoms with Gasteiger partial charge in [-0.2, -0.15) is 0 Å². The van der Waals surface area contributed by atoms with Crippen molar-refractivity contribution in [3.63, 3.8) is 0 Å². The molecule has 2 rings (SSSR count). The van der Waals surface area contributed by atoms with E-state index in [4.69, 9.17) is 22.1 Å². The van der Waals surface area contributed by atoms with Crippen LogP contribution in [0.5, 0.6) is 5.75 Å². The summed E-state index contributed by atoms with van der Waals surface area (Å²) in [6.45, 7) is 0.356. The van der Waals surface area contributed by atoms with E-state index in [0.29, 0.717) is 22.8 Å². The van der Waals surface area contributed by atoms with Gasteiger partial charge in [0.05, 0.1) is 12.7 Å². The number of para-hydroxylation sites is 1. The van der Waals surface area contributed by atoms with Crippen molar-refractivity contribution < 1.29 is 9.53 Å². The molecule has 0 bridgehead atoms. The van der Waals surface area contributed by atoms with Gasteiger partial charge in [0.2, 0.25) is 0 Å². The van der Waals surface area contributed by atoms with Crippen molar-refractivity contribution in [1.29, 1.82) is 0 Å². The lowest BCUT2D eigenvalue weighted by Crippen LogP contribution is -2.24. The van der Waals surface area contributed by atoms with Crippen LogP contribution in [0.25, 0.3) is 0 Å². The zero-order valence-corrected chi connectivity index (χ0v) is 11.8. The van der Waals surface area contributed by atoms with Crippen molar-refractivity contribution in [2.75, 3.05) is 12.8 Å². The molecule has 20 heavy (non-hydrogen) atoms. The van der Waals surface area contributed by atoms with Crippen molar-refractivity contribution in [3.8, 4) is 5.75 Å². The van der Waals surface area contributed by atoms with Crippen LogP contribution in [-0.2, 0) is 6.54 Å². The van der Waals surface area contributed by atoms with Crippen LogP contribution in [0.2, 0.25) is 5.02 Å². The maximum Gasteiger partial charge on any atom is 0.253 e. The highest BCUT2D eigenvalue weighted by Crippen LogP contribution is 2.19. The lowest BCUT2D eigenvalue weighted by atomic mass is 10.1. The van der Waals surface area contributed by atoms with Gasteiger partial charge in [-0.05, 0) is 24.3 Å². The molecule has 2 aromatic rings. The Morgan fingerprint density at radius 1 is 1.30 bits per heavy atom. The predicted molar refractivity (Wildman–Crippen MR) is 80.0 cm³/mol. The fourth-order valence-corrected chi connectivity index (χ4v) is 2.02. The van der Waals surface area contributed by atoms with E-state index in [1.54, 1.807) is 25.3 Å². The molecule has 0 saturated carbocycles. The second kappa shape index (κ2) is 6.30. The van der Waals surface area contributed by atoms with E-state index in [-0.39, 0.29) is 5.91 Å². The molecule has 0 heterocycles. The molecule has 0 fully saturated rings. The molecule has 0 spiro atoms. The van der Waals surface area contributed by atoms with Crippen molar-refractivity contribution in [2.24, 2.45) is 0 Å². The second-order valence-corrected chi connectivity index (χ2v) is 4.66. The number of carbonyl (C=O) groups is 1. The van der Waals surface area contributed by atoms with Crippen LogP contribution >= 0.6 is 11.6 Å². The van der Waals surface area contributed by atoms with Crippen LogP contribution in [0.15, 0.2) is 42.5 Å². The van der Waals surface area contributed by atoms with Gasteiger partial charge < -0.3 is 15.8 Å². The average molecular weight is 291 g/mol. The fraction of sp³-hybridized carbons (Fsp3) is 0.133. The number of nitrogen functional groups attached to an aromatic ring is 1. The first-order valence-electron chi connectivity index (χ1n) is 6.07. The average Bonchev–Trinajstić information content (AvgIpc) is 2.47. The van der Waals surface area contributed by atoms with Crippen LogP contribution in [0.3, 0.4) is 0 Å². The summed E-state index contributed by atoms with van der Waals surface area (Å²) in [4.78, 5) is 12.1. The zero-order chi connectivity index (χ0) is 14.5. The number of hydrogen-bond donors (Lipinski definition) is 2. The third kappa shape index (κ3) is 3.22. The molecule has 0 atom stereocenters. The molecular formula is C15H15ClN2O2. The van der Waals surface area contributed by atoms with Gasteiger partial charge in [-0.1, -0.05) is 29.8 Å². The number of carbonyl (C=O) groups excluding carboxylic acids is 1. The molecule has 0 saturated heterocycles. The van der Waals surface area contributed by atoms with Crippen molar-refractivity contribution in [2.45, 2.75) is 6.54 Å². The van der Waals surface area contributed by atoms with E-state index in [1.165, 1.54) is 0 Å². The third-order valence-corrected chi connectivity index (χ3v) is 3.13. The van der Waals surface area contributed by atoms with Gasteiger partial charge in [0.1, 0.15) is 5.75 Å². The summed E-state index contributed by atoms with van der Waals surface area (Å²) in [5.74, 6) is 0.461. The largest absolute Gasteiger partial charge is 0.496 e. The number of halogens is 1. The lowest BCUT2D eigenvalue weighted by Gasteiger charge is -2.10. The van der Waals surface area contributed by atoms with Crippen molar-refractivity contribution in [3.05, 3.63) is 58.6 Å². The monoisotopic (exact) mass is 290 g/mol. The minimum absolute atomic E-state index is 0.268. The Hall–Kier alpha value is -2.20. The number of amides is 1. The smallest absolute Gasteiger partial charge is 0.253 e. The number of rotatable bonds is 4. The fourth-order valence-electron chi connectivity index (χ4n) is 1.84. The van der Waals surface area contributed by atoms with Crippen LogP contribution in [0.1, 0.15) is 15.9 Å². The van der Waals surface area contributed by atoms with Gasteiger partial charge in [0.25, 0.3) is 5.91 Å². The number of anilines is 1. The quantitative estimate of drug-likeness (QED) is 0.851. The van der Waals surface area contributed by atoms with E-state index in [1.807, 2.05) is 24.3 Å². The SMILES string of the molecule is COc1ccccc1CNC(=O)c1cc(Cl)ccc1N. The van der Waals surface area contributed by atoms with Gasteiger partial charge in [0.15, 0.2) is 0 Å². The molecule has 2 aromatic carbocycles. The Bertz CT molecular complexity index is 629. The Kier molecular flexibility index (Phi) is 4.48. The molecule has 3 N–H and O–H groups in total. The summed E-state index contributed by atoms with van der Waals surface area (Å²) >= 11 is 5.87. The van der Waals surface area contributed by atoms with E-state index in [2.05, 4.69) is 5.32 Å². The molecule has 5 heteroatoms. The summed E-state index contributed by atoms with van der Waals surface area (Å²) in [7, 11) is 1.59. The lowest BCUT2D eigenvalue weighted by molar-refractivity contribution is 0.0951. The molecule has 0 aliphatic rings. The molecule has 0 unspecified atom stereocenters. The number of nitrogens with two attached hydrogens (primary N) is 1. The van der Waals surface area contributed by atoms with Gasteiger partial charge in [-0.15, -0.1) is 0 Å². The second-order valence-electron chi connectivity index (χ2n) is 4.23. The van der Waals surface area contributed by atoms with Gasteiger partial charge in [-0.3, -0.25) is 4.79 Å². The molecule has 104 valence electrons. The maximum absolute atomic E-state index is 12.1. The Morgan fingerprint density at radius 3 is 2.80 bits per heavy atom. The number of methoxy groups -OCH3 is 1. The molecule has 0 aromatic heterocycles. The summed E-state index contributed by atoms with van der Waals surface area (Å²) in [6, 6.07) is 12.3. The third-order valence-electron chi connectivity index (χ3n) is 2.89. The first-order chi connectivity index (χ1) is 9.61. The minimum Gasteiger partial charge on any atom is -0.496 e. The summed E-state index contributed by atoms with van der Waals surface area (Å²) in [5.41, 5.74) is 7.43. The van der Waals surface area contributed by atoms with Crippen LogP contribution in [0.4, 0.5) is 5.69 Å². The van der Waals surface area contributed by atoms with Gasteiger partial charge in [-0.25, -0.2) is 0 Å².